The van der Waals surface area contributed by atoms with Crippen LogP contribution in [0, 0.1) is 0 Å². The molecular weight excluding hydrogens is 292 g/mol. The predicted octanol–water partition coefficient (Wildman–Crippen LogP) is 1.25. The number of rotatable bonds is 5. The number of nitrogen functional groups attached to an aromatic ring is 1. The van der Waals surface area contributed by atoms with E-state index < -0.39 is 0 Å². The first kappa shape index (κ1) is 16.1. The van der Waals surface area contributed by atoms with Gasteiger partial charge in [-0.1, -0.05) is 0 Å². The SMILES string of the molecule is Nc1ccc(NCCN2CCOCC2)c(C(=O)N2CCCC2)c1. The van der Waals surface area contributed by atoms with Crippen molar-refractivity contribution in [1.29, 1.82) is 0 Å². The average Bonchev–Trinajstić information content (AvgIpc) is 3.11. The van der Waals surface area contributed by atoms with Gasteiger partial charge in [-0.15, -0.1) is 0 Å². The fraction of sp³-hybridized carbons (Fsp3) is 0.588. The number of hydrogen-bond acceptors (Lipinski definition) is 5. The Morgan fingerprint density at radius 3 is 2.65 bits per heavy atom. The highest BCUT2D eigenvalue weighted by molar-refractivity contribution is 6.00. The molecule has 6 heteroatoms. The molecule has 0 bridgehead atoms. The van der Waals surface area contributed by atoms with Gasteiger partial charge in [-0.05, 0) is 31.0 Å². The summed E-state index contributed by atoms with van der Waals surface area (Å²) in [4.78, 5) is 17.0. The molecule has 1 aromatic rings. The Labute approximate surface area is 137 Å². The van der Waals surface area contributed by atoms with Gasteiger partial charge in [0, 0.05) is 50.6 Å². The average molecular weight is 318 g/mol. The second-order valence-corrected chi connectivity index (χ2v) is 6.19. The van der Waals surface area contributed by atoms with E-state index in [1.165, 1.54) is 0 Å². The molecule has 0 atom stereocenters. The van der Waals surface area contributed by atoms with E-state index in [2.05, 4.69) is 10.2 Å². The Balaban J connectivity index is 1.62. The molecule has 2 aliphatic rings. The number of likely N-dealkylation sites (tertiary alicyclic amines) is 1. The van der Waals surface area contributed by atoms with Crippen molar-refractivity contribution in [2.45, 2.75) is 12.8 Å². The number of carbonyl (C=O) groups excluding carboxylic acids is 1. The lowest BCUT2D eigenvalue weighted by Gasteiger charge is -2.27. The molecule has 126 valence electrons. The number of nitrogens with one attached hydrogen (secondary N) is 1. The Morgan fingerprint density at radius 2 is 1.91 bits per heavy atom. The molecule has 0 aromatic heterocycles. The third-order valence-corrected chi connectivity index (χ3v) is 4.51. The van der Waals surface area contributed by atoms with E-state index in [0.717, 1.165) is 71.0 Å². The molecule has 0 radical (unpaired) electrons. The van der Waals surface area contributed by atoms with Crippen LogP contribution in [0.1, 0.15) is 23.2 Å². The summed E-state index contributed by atoms with van der Waals surface area (Å²) in [6, 6.07) is 5.55. The summed E-state index contributed by atoms with van der Waals surface area (Å²) in [5.41, 5.74) is 8.09. The van der Waals surface area contributed by atoms with Crippen LogP contribution in [-0.4, -0.2) is 68.2 Å². The van der Waals surface area contributed by atoms with Crippen LogP contribution in [0.2, 0.25) is 0 Å². The van der Waals surface area contributed by atoms with E-state index in [-0.39, 0.29) is 5.91 Å². The first-order chi connectivity index (χ1) is 11.2. The van der Waals surface area contributed by atoms with Crippen LogP contribution in [0.25, 0.3) is 0 Å². The Hall–Kier alpha value is -1.79. The summed E-state index contributed by atoms with van der Waals surface area (Å²) in [6.45, 7) is 7.02. The molecule has 1 aromatic carbocycles. The van der Waals surface area contributed by atoms with Crippen molar-refractivity contribution < 1.29 is 9.53 Å². The van der Waals surface area contributed by atoms with Gasteiger partial charge in [0.15, 0.2) is 0 Å². The van der Waals surface area contributed by atoms with Crippen molar-refractivity contribution in [3.8, 4) is 0 Å². The minimum absolute atomic E-state index is 0.0867. The Bertz CT molecular complexity index is 537. The highest BCUT2D eigenvalue weighted by Crippen LogP contribution is 2.22. The number of nitrogens with zero attached hydrogens (tertiary/aromatic N) is 2. The third kappa shape index (κ3) is 4.14. The molecule has 2 heterocycles. The van der Waals surface area contributed by atoms with Crippen molar-refractivity contribution in [3.05, 3.63) is 23.8 Å². The standard InChI is InChI=1S/C17H26N4O2/c18-14-3-4-16(19-5-8-20-9-11-23-12-10-20)15(13-14)17(22)21-6-1-2-7-21/h3-4,13,19H,1-2,5-12,18H2. The van der Waals surface area contributed by atoms with E-state index >= 15 is 0 Å². The summed E-state index contributed by atoms with van der Waals surface area (Å²) in [5, 5.41) is 3.41. The minimum atomic E-state index is 0.0867. The number of anilines is 2. The lowest BCUT2D eigenvalue weighted by Crippen LogP contribution is -2.39. The third-order valence-electron chi connectivity index (χ3n) is 4.51. The number of hydrogen-bond donors (Lipinski definition) is 2. The first-order valence-electron chi connectivity index (χ1n) is 8.47. The first-order valence-corrected chi connectivity index (χ1v) is 8.47. The largest absolute Gasteiger partial charge is 0.399 e. The smallest absolute Gasteiger partial charge is 0.256 e. The number of carbonyl (C=O) groups is 1. The highest BCUT2D eigenvalue weighted by Gasteiger charge is 2.22. The van der Waals surface area contributed by atoms with Gasteiger partial charge >= 0.3 is 0 Å². The number of ether oxygens (including phenoxy) is 1. The van der Waals surface area contributed by atoms with E-state index in [1.807, 2.05) is 17.0 Å². The summed E-state index contributed by atoms with van der Waals surface area (Å²) in [5.74, 6) is 0.0867. The molecular formula is C17H26N4O2. The zero-order chi connectivity index (χ0) is 16.1. The summed E-state index contributed by atoms with van der Waals surface area (Å²) in [7, 11) is 0. The van der Waals surface area contributed by atoms with E-state index in [0.29, 0.717) is 11.3 Å². The van der Waals surface area contributed by atoms with Crippen LogP contribution in [0.4, 0.5) is 11.4 Å². The molecule has 0 unspecified atom stereocenters. The van der Waals surface area contributed by atoms with Crippen molar-refractivity contribution in [2.75, 3.05) is 63.5 Å². The molecule has 0 aliphatic carbocycles. The van der Waals surface area contributed by atoms with Crippen LogP contribution in [-0.2, 0) is 4.74 Å². The molecule has 3 rings (SSSR count). The molecule has 1 amide bonds. The van der Waals surface area contributed by atoms with Crippen LogP contribution < -0.4 is 11.1 Å². The summed E-state index contributed by atoms with van der Waals surface area (Å²) in [6.07, 6.45) is 2.18. The topological polar surface area (TPSA) is 70.8 Å². The van der Waals surface area contributed by atoms with Crippen molar-refractivity contribution in [3.63, 3.8) is 0 Å². The number of benzene rings is 1. The zero-order valence-electron chi connectivity index (χ0n) is 13.6. The maximum atomic E-state index is 12.7. The van der Waals surface area contributed by atoms with Crippen LogP contribution in [0.3, 0.4) is 0 Å². The molecule has 2 saturated heterocycles. The quantitative estimate of drug-likeness (QED) is 0.800. The van der Waals surface area contributed by atoms with Gasteiger partial charge in [0.05, 0.1) is 18.8 Å². The van der Waals surface area contributed by atoms with E-state index in [4.69, 9.17) is 10.5 Å². The zero-order valence-corrected chi connectivity index (χ0v) is 13.6. The fourth-order valence-corrected chi connectivity index (χ4v) is 3.16. The van der Waals surface area contributed by atoms with E-state index in [9.17, 15) is 4.79 Å². The summed E-state index contributed by atoms with van der Waals surface area (Å²) >= 11 is 0. The molecule has 0 spiro atoms. The van der Waals surface area contributed by atoms with Crippen molar-refractivity contribution >= 4 is 17.3 Å². The maximum Gasteiger partial charge on any atom is 0.256 e. The van der Waals surface area contributed by atoms with Gasteiger partial charge in [0.1, 0.15) is 0 Å². The summed E-state index contributed by atoms with van der Waals surface area (Å²) < 4.78 is 5.36. The monoisotopic (exact) mass is 318 g/mol. The van der Waals surface area contributed by atoms with Gasteiger partial charge in [-0.25, -0.2) is 0 Å². The predicted molar refractivity (Wildman–Crippen MR) is 91.7 cm³/mol. The van der Waals surface area contributed by atoms with Gasteiger partial charge < -0.3 is 20.7 Å². The lowest BCUT2D eigenvalue weighted by atomic mass is 10.1. The highest BCUT2D eigenvalue weighted by atomic mass is 16.5. The number of nitrogens with two attached hydrogens (primary N) is 1. The Kier molecular flexibility index (Phi) is 5.35. The molecule has 2 fully saturated rings. The number of amides is 1. The Morgan fingerprint density at radius 1 is 1.17 bits per heavy atom. The van der Waals surface area contributed by atoms with Crippen LogP contribution in [0.15, 0.2) is 18.2 Å². The van der Waals surface area contributed by atoms with Gasteiger partial charge in [0.2, 0.25) is 0 Å². The van der Waals surface area contributed by atoms with E-state index in [1.54, 1.807) is 6.07 Å². The van der Waals surface area contributed by atoms with Gasteiger partial charge in [-0.3, -0.25) is 9.69 Å². The van der Waals surface area contributed by atoms with Gasteiger partial charge in [-0.2, -0.15) is 0 Å². The van der Waals surface area contributed by atoms with Crippen molar-refractivity contribution in [2.24, 2.45) is 0 Å². The molecule has 0 saturated carbocycles. The fourth-order valence-electron chi connectivity index (χ4n) is 3.16. The number of morpholine rings is 1. The normalized spacial score (nSPS) is 19.0. The maximum absolute atomic E-state index is 12.7. The minimum Gasteiger partial charge on any atom is -0.399 e. The molecule has 2 aliphatic heterocycles. The second-order valence-electron chi connectivity index (χ2n) is 6.19. The second kappa shape index (κ2) is 7.66. The molecule has 23 heavy (non-hydrogen) atoms. The lowest BCUT2D eigenvalue weighted by molar-refractivity contribution is 0.0398. The van der Waals surface area contributed by atoms with Crippen molar-refractivity contribution in [1.82, 2.24) is 9.80 Å². The molecule has 3 N–H and O–H groups in total. The molecule has 6 nitrogen and oxygen atoms in total. The van der Waals surface area contributed by atoms with Crippen LogP contribution in [0.5, 0.6) is 0 Å². The van der Waals surface area contributed by atoms with Gasteiger partial charge in [0.25, 0.3) is 5.91 Å². The van der Waals surface area contributed by atoms with Crippen LogP contribution >= 0.6 is 0 Å².